The van der Waals surface area contributed by atoms with Gasteiger partial charge in [0, 0.05) is 24.2 Å². The number of para-hydroxylation sites is 1. The van der Waals surface area contributed by atoms with Crippen molar-refractivity contribution in [2.45, 2.75) is 13.5 Å². The lowest BCUT2D eigenvalue weighted by Crippen LogP contribution is -2.04. The Morgan fingerprint density at radius 1 is 1.29 bits per heavy atom. The van der Waals surface area contributed by atoms with Gasteiger partial charge in [-0.25, -0.2) is 0 Å². The van der Waals surface area contributed by atoms with Crippen LogP contribution in [0.15, 0.2) is 42.5 Å². The smallest absolute Gasteiger partial charge is 0.271 e. The maximum Gasteiger partial charge on any atom is 0.271 e. The number of nitro benzene ring substituents is 1. The second-order valence-corrected chi connectivity index (χ2v) is 4.72. The molecule has 2 rings (SSSR count). The van der Waals surface area contributed by atoms with Gasteiger partial charge in [-0.15, -0.1) is 0 Å². The number of benzene rings is 2. The van der Waals surface area contributed by atoms with E-state index in [2.05, 4.69) is 5.32 Å². The normalized spacial score (nSPS) is 10.2. The molecule has 0 aromatic heterocycles. The van der Waals surface area contributed by atoms with Crippen molar-refractivity contribution in [3.63, 3.8) is 0 Å². The first-order valence-corrected chi connectivity index (χ1v) is 6.88. The predicted molar refractivity (Wildman–Crippen MR) is 83.0 cm³/mol. The maximum absolute atomic E-state index is 10.8. The SMILES string of the molecule is CCOc1ccccc1CNc1cc([N+](=O)[O-])ccc1Cl. The molecule has 6 heteroatoms. The first kappa shape index (κ1) is 15.1. The number of halogens is 1. The van der Waals surface area contributed by atoms with Crippen LogP contribution >= 0.6 is 11.6 Å². The summed E-state index contributed by atoms with van der Waals surface area (Å²) in [5.41, 5.74) is 1.49. The van der Waals surface area contributed by atoms with E-state index in [1.54, 1.807) is 0 Å². The van der Waals surface area contributed by atoms with Gasteiger partial charge in [0.1, 0.15) is 5.75 Å². The minimum Gasteiger partial charge on any atom is -0.494 e. The number of nitro groups is 1. The summed E-state index contributed by atoms with van der Waals surface area (Å²) < 4.78 is 5.54. The van der Waals surface area contributed by atoms with Gasteiger partial charge in [-0.05, 0) is 19.1 Å². The Balaban J connectivity index is 2.16. The van der Waals surface area contributed by atoms with Gasteiger partial charge < -0.3 is 10.1 Å². The highest BCUT2D eigenvalue weighted by Crippen LogP contribution is 2.28. The summed E-state index contributed by atoms with van der Waals surface area (Å²) in [5, 5.41) is 14.3. The molecule has 0 aliphatic heterocycles. The number of hydrogen-bond donors (Lipinski definition) is 1. The average Bonchev–Trinajstić information content (AvgIpc) is 2.48. The standard InChI is InChI=1S/C15H15ClN2O3/c1-2-21-15-6-4-3-5-11(15)10-17-14-9-12(18(19)20)7-8-13(14)16/h3-9,17H,2,10H2,1H3. The topological polar surface area (TPSA) is 64.4 Å². The molecule has 0 amide bonds. The van der Waals surface area contributed by atoms with Crippen molar-refractivity contribution in [2.75, 3.05) is 11.9 Å². The Labute approximate surface area is 127 Å². The molecule has 0 aliphatic carbocycles. The van der Waals surface area contributed by atoms with Crippen molar-refractivity contribution >= 4 is 23.0 Å². The van der Waals surface area contributed by atoms with E-state index in [-0.39, 0.29) is 5.69 Å². The van der Waals surface area contributed by atoms with Gasteiger partial charge in [-0.3, -0.25) is 10.1 Å². The van der Waals surface area contributed by atoms with Crippen LogP contribution in [0.5, 0.6) is 5.75 Å². The van der Waals surface area contributed by atoms with Crippen molar-refractivity contribution in [1.82, 2.24) is 0 Å². The molecule has 21 heavy (non-hydrogen) atoms. The van der Waals surface area contributed by atoms with Crippen LogP contribution in [0, 0.1) is 10.1 Å². The lowest BCUT2D eigenvalue weighted by Gasteiger charge is -2.12. The van der Waals surface area contributed by atoms with Crippen LogP contribution < -0.4 is 10.1 Å². The number of hydrogen-bond acceptors (Lipinski definition) is 4. The Kier molecular flexibility index (Phi) is 5.00. The largest absolute Gasteiger partial charge is 0.494 e. The van der Waals surface area contributed by atoms with E-state index >= 15 is 0 Å². The zero-order valence-corrected chi connectivity index (χ0v) is 12.3. The second-order valence-electron chi connectivity index (χ2n) is 4.32. The van der Waals surface area contributed by atoms with Gasteiger partial charge in [0.25, 0.3) is 5.69 Å². The zero-order valence-electron chi connectivity index (χ0n) is 11.5. The molecular formula is C15H15ClN2O3. The van der Waals surface area contributed by atoms with Gasteiger partial charge in [-0.1, -0.05) is 29.8 Å². The number of nitrogens with one attached hydrogen (secondary N) is 1. The third-order valence-corrected chi connectivity index (χ3v) is 3.23. The van der Waals surface area contributed by atoms with E-state index in [0.717, 1.165) is 11.3 Å². The molecule has 0 heterocycles. The van der Waals surface area contributed by atoms with Gasteiger partial charge in [0.05, 0.1) is 22.2 Å². The van der Waals surface area contributed by atoms with Crippen LogP contribution in [0.1, 0.15) is 12.5 Å². The number of ether oxygens (including phenoxy) is 1. The fourth-order valence-corrected chi connectivity index (χ4v) is 2.08. The van der Waals surface area contributed by atoms with Gasteiger partial charge >= 0.3 is 0 Å². The summed E-state index contributed by atoms with van der Waals surface area (Å²) >= 11 is 6.05. The van der Waals surface area contributed by atoms with E-state index < -0.39 is 4.92 Å². The van der Waals surface area contributed by atoms with Crippen molar-refractivity contribution < 1.29 is 9.66 Å². The van der Waals surface area contributed by atoms with E-state index in [1.165, 1.54) is 18.2 Å². The second kappa shape index (κ2) is 6.95. The minimum atomic E-state index is -0.449. The molecule has 0 radical (unpaired) electrons. The molecule has 110 valence electrons. The zero-order chi connectivity index (χ0) is 15.2. The lowest BCUT2D eigenvalue weighted by molar-refractivity contribution is -0.384. The highest BCUT2D eigenvalue weighted by atomic mass is 35.5. The predicted octanol–water partition coefficient (Wildman–Crippen LogP) is 4.26. The van der Waals surface area contributed by atoms with Gasteiger partial charge in [0.2, 0.25) is 0 Å². The van der Waals surface area contributed by atoms with Crippen molar-refractivity contribution in [3.05, 3.63) is 63.2 Å². The molecule has 0 aliphatic rings. The number of non-ortho nitro benzene ring substituents is 1. The molecule has 2 aromatic carbocycles. The number of nitrogens with zero attached hydrogens (tertiary/aromatic N) is 1. The highest BCUT2D eigenvalue weighted by molar-refractivity contribution is 6.33. The molecule has 0 atom stereocenters. The molecular weight excluding hydrogens is 292 g/mol. The van der Waals surface area contributed by atoms with E-state index in [9.17, 15) is 10.1 Å². The Bertz CT molecular complexity index is 647. The van der Waals surface area contributed by atoms with Crippen LogP contribution in [0.25, 0.3) is 0 Å². The van der Waals surface area contributed by atoms with Crippen LogP contribution in [-0.2, 0) is 6.54 Å². The third kappa shape index (κ3) is 3.86. The Morgan fingerprint density at radius 3 is 2.76 bits per heavy atom. The summed E-state index contributed by atoms with van der Waals surface area (Å²) in [7, 11) is 0. The van der Waals surface area contributed by atoms with Crippen molar-refractivity contribution in [2.24, 2.45) is 0 Å². The summed E-state index contributed by atoms with van der Waals surface area (Å²) in [5.74, 6) is 0.786. The summed E-state index contributed by atoms with van der Waals surface area (Å²) in [4.78, 5) is 10.3. The number of anilines is 1. The Hall–Kier alpha value is -2.27. The molecule has 0 saturated heterocycles. The third-order valence-electron chi connectivity index (χ3n) is 2.90. The molecule has 0 bridgehead atoms. The first-order chi connectivity index (χ1) is 10.1. The van der Waals surface area contributed by atoms with E-state index in [0.29, 0.717) is 23.9 Å². The fourth-order valence-electron chi connectivity index (χ4n) is 1.90. The maximum atomic E-state index is 10.8. The Morgan fingerprint density at radius 2 is 2.05 bits per heavy atom. The van der Waals surface area contributed by atoms with E-state index in [4.69, 9.17) is 16.3 Å². The monoisotopic (exact) mass is 306 g/mol. The molecule has 0 unspecified atom stereocenters. The lowest BCUT2D eigenvalue weighted by atomic mass is 10.2. The summed E-state index contributed by atoms with van der Waals surface area (Å²) in [6.07, 6.45) is 0. The molecule has 0 spiro atoms. The van der Waals surface area contributed by atoms with Crippen LogP contribution in [0.4, 0.5) is 11.4 Å². The highest BCUT2D eigenvalue weighted by Gasteiger charge is 2.10. The van der Waals surface area contributed by atoms with Crippen LogP contribution in [0.3, 0.4) is 0 Å². The summed E-state index contributed by atoms with van der Waals surface area (Å²) in [6, 6.07) is 11.9. The van der Waals surface area contributed by atoms with Crippen molar-refractivity contribution in [1.29, 1.82) is 0 Å². The van der Waals surface area contributed by atoms with Crippen LogP contribution in [-0.4, -0.2) is 11.5 Å². The van der Waals surface area contributed by atoms with Gasteiger partial charge in [0.15, 0.2) is 0 Å². The summed E-state index contributed by atoms with van der Waals surface area (Å²) in [6.45, 7) is 2.97. The first-order valence-electron chi connectivity index (χ1n) is 6.50. The quantitative estimate of drug-likeness (QED) is 0.640. The molecule has 2 aromatic rings. The fraction of sp³-hybridized carbons (Fsp3) is 0.200. The molecule has 0 fully saturated rings. The molecule has 1 N–H and O–H groups in total. The molecule has 5 nitrogen and oxygen atoms in total. The van der Waals surface area contributed by atoms with E-state index in [1.807, 2.05) is 31.2 Å². The van der Waals surface area contributed by atoms with Crippen LogP contribution in [0.2, 0.25) is 5.02 Å². The number of rotatable bonds is 6. The van der Waals surface area contributed by atoms with Gasteiger partial charge in [-0.2, -0.15) is 0 Å². The molecule has 0 saturated carbocycles. The minimum absolute atomic E-state index is 0.00000617. The van der Waals surface area contributed by atoms with Crippen molar-refractivity contribution in [3.8, 4) is 5.75 Å². The average molecular weight is 307 g/mol.